The lowest BCUT2D eigenvalue weighted by atomic mass is 9.81. The molecule has 2 nitrogen and oxygen atoms in total. The third-order valence-electron chi connectivity index (χ3n) is 17.7. The number of carbonyl (C=O) groups is 2. The largest absolute Gasteiger partial charge is 0.288 e. The minimum atomic E-state index is -0.379. The van der Waals surface area contributed by atoms with Crippen LogP contribution in [0.15, 0.2) is 36.4 Å². The van der Waals surface area contributed by atoms with E-state index in [1.54, 1.807) is 69.7 Å². The highest BCUT2D eigenvalue weighted by molar-refractivity contribution is 7.31. The first kappa shape index (κ1) is 64.1. The number of benzene rings is 1. The quantitative estimate of drug-likeness (QED) is 0.0468. The Morgan fingerprint density at radius 1 is 0.393 bits per heavy atom. The van der Waals surface area contributed by atoms with Gasteiger partial charge in [-0.25, -0.2) is 8.78 Å². The molecule has 0 spiro atoms. The molecule has 0 radical (unpaired) electrons. The van der Waals surface area contributed by atoms with Crippen molar-refractivity contribution in [3.63, 3.8) is 0 Å². The Labute approximate surface area is 540 Å². The number of hydrogen-bond acceptors (Lipinski definition) is 10. The van der Waals surface area contributed by atoms with Crippen LogP contribution in [0, 0.1) is 49.2 Å². The van der Waals surface area contributed by atoms with Crippen molar-refractivity contribution < 1.29 is 18.4 Å². The molecule has 1 aliphatic carbocycles. The van der Waals surface area contributed by atoms with Crippen LogP contribution in [0.25, 0.3) is 70.3 Å². The molecule has 9 aromatic rings. The predicted molar refractivity (Wildman–Crippen MR) is 372 cm³/mol. The smallest absolute Gasteiger partial charge is 0.197 e. The minimum Gasteiger partial charge on any atom is -0.288 e. The second kappa shape index (κ2) is 28.3. The van der Waals surface area contributed by atoms with E-state index in [1.165, 1.54) is 103 Å². The van der Waals surface area contributed by atoms with Gasteiger partial charge in [0.15, 0.2) is 11.6 Å². The van der Waals surface area contributed by atoms with Gasteiger partial charge in [-0.3, -0.25) is 9.59 Å². The molecule has 84 heavy (non-hydrogen) atoms. The number of hydrogen-bond donors (Lipinski definition) is 0. The highest BCUT2D eigenvalue weighted by atomic mass is 35.5. The molecule has 0 amide bonds. The van der Waals surface area contributed by atoms with Crippen LogP contribution in [-0.4, -0.2) is 11.6 Å². The summed E-state index contributed by atoms with van der Waals surface area (Å²) >= 11 is 27.3. The highest BCUT2D eigenvalue weighted by Gasteiger charge is 2.43. The normalized spacial score (nSPS) is 14.2. The van der Waals surface area contributed by atoms with E-state index in [0.717, 1.165) is 146 Å². The lowest BCUT2D eigenvalue weighted by Crippen LogP contribution is -2.22. The Morgan fingerprint density at radius 2 is 0.798 bits per heavy atom. The fourth-order valence-corrected chi connectivity index (χ4v) is 23.4. The van der Waals surface area contributed by atoms with Gasteiger partial charge in [-0.05, 0) is 99.6 Å². The van der Waals surface area contributed by atoms with Crippen LogP contribution in [0.3, 0.4) is 0 Å². The van der Waals surface area contributed by atoms with E-state index < -0.39 is 0 Å². The molecule has 4 atom stereocenters. The van der Waals surface area contributed by atoms with Crippen LogP contribution in [-0.2, 0) is 25.7 Å². The number of aryl methyl sites for hydroxylation is 2. The molecular weight excluding hydrogens is 1240 g/mol. The van der Waals surface area contributed by atoms with Crippen molar-refractivity contribution in [1.82, 2.24) is 0 Å². The number of ketones is 2. The van der Waals surface area contributed by atoms with Crippen LogP contribution < -0.4 is 0 Å². The van der Waals surface area contributed by atoms with Crippen molar-refractivity contribution >= 4 is 146 Å². The SMILES string of the molecule is CCCCC(CC)Cc1sc(-c2c3cc(-c4sc(-c5sc(-c6cc(F)c(C)s6)c6c5C(=O)c5c(CC(CC)CCCC)sc(CC(CC)CCCC)c5C6=O)cc4F)sc3c(-c3cc(Cl)c(CC(CC)CCCC)s3)c3cc(C)sc23)cc1Cl. The number of thiophene rings is 8. The number of rotatable bonds is 29. The Kier molecular flexibility index (Phi) is 21.6. The van der Waals surface area contributed by atoms with E-state index in [2.05, 4.69) is 86.6 Å². The Bertz CT molecular complexity index is 3670. The van der Waals surface area contributed by atoms with Crippen LogP contribution in [0.2, 0.25) is 10.0 Å². The molecule has 8 aromatic heterocycles. The molecule has 0 aliphatic heterocycles. The fraction of sp³-hybridized carbons (Fsp3) is 0.486. The molecule has 0 N–H and O–H groups in total. The number of carbonyl (C=O) groups excluding carboxylic acids is 2. The van der Waals surface area contributed by atoms with Crippen molar-refractivity contribution in [2.45, 2.75) is 198 Å². The third-order valence-corrected chi connectivity index (χ3v) is 28.3. The van der Waals surface area contributed by atoms with E-state index >= 15 is 18.4 Å². The van der Waals surface area contributed by atoms with E-state index in [4.69, 9.17) is 23.2 Å². The van der Waals surface area contributed by atoms with Gasteiger partial charge in [0.1, 0.15) is 11.6 Å². The summed E-state index contributed by atoms with van der Waals surface area (Å²) in [6.07, 6.45) is 21.2. The topological polar surface area (TPSA) is 34.1 Å². The molecule has 0 saturated carbocycles. The molecule has 0 saturated heterocycles. The second-order valence-corrected chi connectivity index (χ2v) is 33.5. The lowest BCUT2D eigenvalue weighted by Gasteiger charge is -2.19. The van der Waals surface area contributed by atoms with Crippen LogP contribution in [0.1, 0.15) is 219 Å². The monoisotopic (exact) mass is 1320 g/mol. The molecule has 14 heteroatoms. The number of unbranched alkanes of at least 4 members (excludes halogenated alkanes) is 4. The molecular formula is C70H80Cl2F2O2S8. The van der Waals surface area contributed by atoms with E-state index in [1.807, 2.05) is 0 Å². The van der Waals surface area contributed by atoms with E-state index in [9.17, 15) is 0 Å². The van der Waals surface area contributed by atoms with Gasteiger partial charge in [0.05, 0.1) is 35.8 Å². The van der Waals surface area contributed by atoms with Crippen molar-refractivity contribution in [3.05, 3.63) is 110 Å². The molecule has 0 bridgehead atoms. The maximum absolute atomic E-state index is 17.6. The first-order chi connectivity index (χ1) is 40.6. The van der Waals surface area contributed by atoms with Gasteiger partial charge in [0, 0.05) is 96.1 Å². The average molecular weight is 1320 g/mol. The molecule has 1 aliphatic rings. The summed E-state index contributed by atoms with van der Waals surface area (Å²) in [6, 6.07) is 12.0. The van der Waals surface area contributed by atoms with Gasteiger partial charge >= 0.3 is 0 Å². The van der Waals surface area contributed by atoms with Gasteiger partial charge in [0.25, 0.3) is 0 Å². The Balaban J connectivity index is 1.16. The maximum atomic E-state index is 17.6. The summed E-state index contributed by atoms with van der Waals surface area (Å²) in [4.78, 5) is 43.7. The predicted octanol–water partition coefficient (Wildman–Crippen LogP) is 26.8. The standard InChI is InChI=1S/C70H80Cl2F2O2S8/c1-11-19-23-39(15-5)28-49-45(71)33-53(79-49)58-43-27-37(9)77-66(43)59(54-34-46(72)50(80-54)29-40(16-6)24-20-12-2)44-32-55(82-67(44)58)68-48(74)36-57(83-68)70-63-62(69(84-70)56-35-47(73)38(10)78-56)64(75)60-51(30-41(17-7)25-21-13-3)81-52(61(60)65(63)76)31-42(18-8)26-22-14-4/h27,32-36,39-42H,11-26,28-31H2,1-10H3. The van der Waals surface area contributed by atoms with Gasteiger partial charge < -0.3 is 0 Å². The third kappa shape index (κ3) is 12.9. The van der Waals surface area contributed by atoms with Gasteiger partial charge in [0.2, 0.25) is 0 Å². The summed E-state index contributed by atoms with van der Waals surface area (Å²) in [5, 5.41) is 3.84. The Hall–Kier alpha value is -2.88. The zero-order valence-corrected chi connectivity index (χ0v) is 58.6. The zero-order valence-electron chi connectivity index (χ0n) is 50.5. The van der Waals surface area contributed by atoms with Gasteiger partial charge in [-0.2, -0.15) is 0 Å². The molecule has 1 aromatic carbocycles. The first-order valence-corrected chi connectivity index (χ1v) is 38.4. The number of fused-ring (bicyclic) bond motifs is 4. The van der Waals surface area contributed by atoms with E-state index in [-0.39, 0.29) is 23.2 Å². The highest BCUT2D eigenvalue weighted by Crippen LogP contribution is 2.58. The maximum Gasteiger partial charge on any atom is 0.197 e. The number of halogens is 4. The van der Waals surface area contributed by atoms with Gasteiger partial charge in [-0.15, -0.1) is 90.7 Å². The average Bonchev–Trinajstić information content (AvgIpc) is 1.79. The van der Waals surface area contributed by atoms with Crippen LogP contribution in [0.4, 0.5) is 8.78 Å². The summed E-state index contributed by atoms with van der Waals surface area (Å²) in [6.45, 7) is 21.9. The van der Waals surface area contributed by atoms with Crippen LogP contribution >= 0.6 is 114 Å². The first-order valence-electron chi connectivity index (χ1n) is 31.1. The molecule has 448 valence electrons. The van der Waals surface area contributed by atoms with Crippen molar-refractivity contribution in [2.24, 2.45) is 23.7 Å². The Morgan fingerprint density at radius 3 is 1.23 bits per heavy atom. The molecule has 0 fully saturated rings. The second-order valence-electron chi connectivity index (χ2n) is 23.6. The van der Waals surface area contributed by atoms with Crippen LogP contribution in [0.5, 0.6) is 0 Å². The van der Waals surface area contributed by atoms with Crippen molar-refractivity contribution in [3.8, 4) is 50.1 Å². The summed E-state index contributed by atoms with van der Waals surface area (Å²) in [7, 11) is 0. The molecule has 10 rings (SSSR count). The summed E-state index contributed by atoms with van der Waals surface area (Å²) in [5.41, 5.74) is 4.05. The van der Waals surface area contributed by atoms with Crippen molar-refractivity contribution in [1.29, 1.82) is 0 Å². The summed E-state index contributed by atoms with van der Waals surface area (Å²) in [5.74, 6) is 0.827. The van der Waals surface area contributed by atoms with Crippen molar-refractivity contribution in [2.75, 3.05) is 0 Å². The zero-order chi connectivity index (χ0) is 59.7. The van der Waals surface area contributed by atoms with Gasteiger partial charge in [-0.1, -0.05) is 181 Å². The summed E-state index contributed by atoms with van der Waals surface area (Å²) < 4.78 is 35.5. The molecule has 8 heterocycles. The minimum absolute atomic E-state index is 0.156. The fourth-order valence-electron chi connectivity index (χ4n) is 12.6. The van der Waals surface area contributed by atoms with E-state index in [0.29, 0.717) is 75.2 Å². The molecule has 4 unspecified atom stereocenters. The lowest BCUT2D eigenvalue weighted by molar-refractivity contribution is 0.0980.